The molecule has 0 aliphatic heterocycles. The summed E-state index contributed by atoms with van der Waals surface area (Å²) in [5.74, 6) is -0.223. The SMILES string of the molecule is Cc1cc(NCc2cc(Br)ccc2F)c(Br)cc1N. The molecule has 3 N–H and O–H groups in total. The fraction of sp³-hybridized carbons (Fsp3) is 0.143. The molecule has 0 unspecified atom stereocenters. The van der Waals surface area contributed by atoms with E-state index in [1.54, 1.807) is 12.1 Å². The summed E-state index contributed by atoms with van der Waals surface area (Å²) in [6, 6.07) is 8.68. The van der Waals surface area contributed by atoms with E-state index in [1.807, 2.05) is 19.1 Å². The molecule has 2 rings (SSSR count). The van der Waals surface area contributed by atoms with Gasteiger partial charge in [-0.15, -0.1) is 0 Å². The first-order valence-corrected chi connectivity index (χ1v) is 7.29. The van der Waals surface area contributed by atoms with Gasteiger partial charge >= 0.3 is 0 Å². The van der Waals surface area contributed by atoms with E-state index < -0.39 is 0 Å². The first-order valence-electron chi connectivity index (χ1n) is 5.71. The lowest BCUT2D eigenvalue weighted by Gasteiger charge is -2.12. The number of nitrogen functional groups attached to an aromatic ring is 1. The third kappa shape index (κ3) is 3.48. The number of hydrogen-bond donors (Lipinski definition) is 2. The number of nitrogens with two attached hydrogens (primary N) is 1. The van der Waals surface area contributed by atoms with E-state index in [1.165, 1.54) is 6.07 Å². The lowest BCUT2D eigenvalue weighted by molar-refractivity contribution is 0.612. The van der Waals surface area contributed by atoms with Crippen LogP contribution in [0.1, 0.15) is 11.1 Å². The van der Waals surface area contributed by atoms with Crippen LogP contribution in [0, 0.1) is 12.7 Å². The predicted molar refractivity (Wildman–Crippen MR) is 84.7 cm³/mol. The standard InChI is InChI=1S/C14H13Br2FN2/c1-8-4-14(11(16)6-13(8)18)19-7-9-5-10(15)2-3-12(9)17/h2-6,19H,7,18H2,1H3. The van der Waals surface area contributed by atoms with Crippen molar-refractivity contribution in [3.05, 3.63) is 56.2 Å². The molecular weight excluding hydrogens is 375 g/mol. The Morgan fingerprint density at radius 1 is 1.21 bits per heavy atom. The highest BCUT2D eigenvalue weighted by molar-refractivity contribution is 9.10. The molecule has 2 aromatic rings. The van der Waals surface area contributed by atoms with Crippen molar-refractivity contribution in [1.82, 2.24) is 0 Å². The molecule has 100 valence electrons. The average molecular weight is 388 g/mol. The molecule has 0 aromatic heterocycles. The largest absolute Gasteiger partial charge is 0.398 e. The fourth-order valence-electron chi connectivity index (χ4n) is 1.70. The van der Waals surface area contributed by atoms with Crippen molar-refractivity contribution in [3.8, 4) is 0 Å². The summed E-state index contributed by atoms with van der Waals surface area (Å²) in [5.41, 5.74) is 9.03. The molecule has 0 fully saturated rings. The van der Waals surface area contributed by atoms with Gasteiger partial charge in [0.1, 0.15) is 5.82 Å². The average Bonchev–Trinajstić information content (AvgIpc) is 2.36. The molecular formula is C14H13Br2FN2. The van der Waals surface area contributed by atoms with Crippen molar-refractivity contribution in [3.63, 3.8) is 0 Å². The van der Waals surface area contributed by atoms with Gasteiger partial charge in [0.25, 0.3) is 0 Å². The van der Waals surface area contributed by atoms with Crippen LogP contribution in [0.5, 0.6) is 0 Å². The lowest BCUT2D eigenvalue weighted by Crippen LogP contribution is -2.03. The highest BCUT2D eigenvalue weighted by Gasteiger charge is 2.06. The molecule has 0 saturated heterocycles. The van der Waals surface area contributed by atoms with Gasteiger partial charge in [0, 0.05) is 32.4 Å². The molecule has 0 aliphatic rings. The molecule has 0 amide bonds. The Morgan fingerprint density at radius 2 is 1.95 bits per heavy atom. The van der Waals surface area contributed by atoms with Crippen LogP contribution < -0.4 is 11.1 Å². The van der Waals surface area contributed by atoms with Gasteiger partial charge in [0.05, 0.1) is 0 Å². The number of rotatable bonds is 3. The van der Waals surface area contributed by atoms with Crippen molar-refractivity contribution in [2.45, 2.75) is 13.5 Å². The maximum Gasteiger partial charge on any atom is 0.128 e. The number of halogens is 3. The van der Waals surface area contributed by atoms with Crippen LogP contribution in [-0.2, 0) is 6.54 Å². The minimum absolute atomic E-state index is 0.223. The van der Waals surface area contributed by atoms with Gasteiger partial charge in [-0.1, -0.05) is 15.9 Å². The van der Waals surface area contributed by atoms with Crippen LogP contribution in [0.4, 0.5) is 15.8 Å². The molecule has 0 heterocycles. The number of nitrogens with one attached hydrogen (secondary N) is 1. The highest BCUT2D eigenvalue weighted by atomic mass is 79.9. The second-order valence-electron chi connectivity index (χ2n) is 4.28. The maximum absolute atomic E-state index is 13.6. The lowest BCUT2D eigenvalue weighted by atomic mass is 10.1. The molecule has 5 heteroatoms. The van der Waals surface area contributed by atoms with Crippen molar-refractivity contribution in [1.29, 1.82) is 0 Å². The Balaban J connectivity index is 2.19. The predicted octanol–water partition coefficient (Wildman–Crippen LogP) is 4.85. The molecule has 0 saturated carbocycles. The summed E-state index contributed by atoms with van der Waals surface area (Å²) in [4.78, 5) is 0. The maximum atomic E-state index is 13.6. The molecule has 0 atom stereocenters. The number of aryl methyl sites for hydroxylation is 1. The van der Waals surface area contributed by atoms with E-state index in [-0.39, 0.29) is 5.82 Å². The van der Waals surface area contributed by atoms with Crippen LogP contribution in [-0.4, -0.2) is 0 Å². The van der Waals surface area contributed by atoms with Crippen molar-refractivity contribution in [2.24, 2.45) is 0 Å². The molecule has 2 aromatic carbocycles. The fourth-order valence-corrected chi connectivity index (χ4v) is 2.61. The summed E-state index contributed by atoms with van der Waals surface area (Å²) < 4.78 is 15.3. The molecule has 0 aliphatic carbocycles. The third-order valence-electron chi connectivity index (χ3n) is 2.83. The van der Waals surface area contributed by atoms with Gasteiger partial charge in [0.15, 0.2) is 0 Å². The highest BCUT2D eigenvalue weighted by Crippen LogP contribution is 2.28. The topological polar surface area (TPSA) is 38.0 Å². The Labute approximate surface area is 128 Å². The zero-order valence-electron chi connectivity index (χ0n) is 10.3. The molecule has 19 heavy (non-hydrogen) atoms. The first-order chi connectivity index (χ1) is 8.97. The van der Waals surface area contributed by atoms with E-state index in [4.69, 9.17) is 5.73 Å². The van der Waals surface area contributed by atoms with E-state index in [0.29, 0.717) is 12.1 Å². The Kier molecular flexibility index (Phi) is 4.47. The van der Waals surface area contributed by atoms with Gasteiger partial charge in [0.2, 0.25) is 0 Å². The number of anilines is 2. The summed E-state index contributed by atoms with van der Waals surface area (Å²) >= 11 is 6.78. The Hall–Kier alpha value is -1.07. The Morgan fingerprint density at radius 3 is 2.68 bits per heavy atom. The van der Waals surface area contributed by atoms with Gasteiger partial charge in [-0.25, -0.2) is 4.39 Å². The van der Waals surface area contributed by atoms with Gasteiger partial charge in [-0.2, -0.15) is 0 Å². The number of benzene rings is 2. The van der Waals surface area contributed by atoms with Gasteiger partial charge < -0.3 is 11.1 Å². The first kappa shape index (κ1) is 14.3. The van der Waals surface area contributed by atoms with E-state index in [0.717, 1.165) is 25.9 Å². The van der Waals surface area contributed by atoms with Crippen LogP contribution >= 0.6 is 31.9 Å². The minimum atomic E-state index is -0.223. The third-order valence-corrected chi connectivity index (χ3v) is 3.98. The second-order valence-corrected chi connectivity index (χ2v) is 6.05. The van der Waals surface area contributed by atoms with E-state index in [9.17, 15) is 4.39 Å². The van der Waals surface area contributed by atoms with E-state index in [2.05, 4.69) is 37.2 Å². The summed E-state index contributed by atoms with van der Waals surface area (Å²) in [6.07, 6.45) is 0. The minimum Gasteiger partial charge on any atom is -0.398 e. The zero-order valence-corrected chi connectivity index (χ0v) is 13.5. The van der Waals surface area contributed by atoms with Crippen molar-refractivity contribution >= 4 is 43.2 Å². The second kappa shape index (κ2) is 5.92. The summed E-state index contributed by atoms with van der Waals surface area (Å²) in [6.45, 7) is 2.35. The quantitative estimate of drug-likeness (QED) is 0.738. The monoisotopic (exact) mass is 386 g/mol. The van der Waals surface area contributed by atoms with Crippen molar-refractivity contribution in [2.75, 3.05) is 11.1 Å². The normalized spacial score (nSPS) is 10.5. The van der Waals surface area contributed by atoms with E-state index >= 15 is 0 Å². The summed E-state index contributed by atoms with van der Waals surface area (Å²) in [5, 5.41) is 3.20. The molecule has 0 radical (unpaired) electrons. The van der Waals surface area contributed by atoms with Crippen LogP contribution in [0.3, 0.4) is 0 Å². The van der Waals surface area contributed by atoms with Crippen molar-refractivity contribution < 1.29 is 4.39 Å². The molecule has 2 nitrogen and oxygen atoms in total. The Bertz CT molecular complexity index is 615. The van der Waals surface area contributed by atoms with Crippen LogP contribution in [0.15, 0.2) is 39.3 Å². The zero-order chi connectivity index (χ0) is 14.0. The molecule has 0 spiro atoms. The van der Waals surface area contributed by atoms with Gasteiger partial charge in [-0.3, -0.25) is 0 Å². The van der Waals surface area contributed by atoms with Crippen LogP contribution in [0.25, 0.3) is 0 Å². The summed E-state index contributed by atoms with van der Waals surface area (Å²) in [7, 11) is 0. The molecule has 0 bridgehead atoms. The number of hydrogen-bond acceptors (Lipinski definition) is 2. The smallest absolute Gasteiger partial charge is 0.128 e. The van der Waals surface area contributed by atoms with Gasteiger partial charge in [-0.05, 0) is 58.7 Å². The van der Waals surface area contributed by atoms with Crippen LogP contribution in [0.2, 0.25) is 0 Å².